The highest BCUT2D eigenvalue weighted by atomic mass is 16.6. The molecule has 7 heteroatoms. The predicted molar refractivity (Wildman–Crippen MR) is 94.0 cm³/mol. The number of benzene rings is 1. The van der Waals surface area contributed by atoms with E-state index in [0.29, 0.717) is 25.3 Å². The van der Waals surface area contributed by atoms with Gasteiger partial charge in [0.2, 0.25) is 0 Å². The fourth-order valence-electron chi connectivity index (χ4n) is 2.44. The minimum atomic E-state index is -0.659. The molecule has 1 aromatic rings. The molecule has 0 unspecified atom stereocenters. The molecular formula is C18H25BO6. The summed E-state index contributed by atoms with van der Waals surface area (Å²) in [5.74, 6) is -1.01. The van der Waals surface area contributed by atoms with E-state index < -0.39 is 19.1 Å². The van der Waals surface area contributed by atoms with Gasteiger partial charge in [0.15, 0.2) is 0 Å². The van der Waals surface area contributed by atoms with E-state index in [9.17, 15) is 9.59 Å². The number of ether oxygens (including phenoxy) is 2. The Labute approximate surface area is 148 Å². The van der Waals surface area contributed by atoms with Gasteiger partial charge in [0.05, 0.1) is 24.8 Å². The molecule has 1 aliphatic rings. The van der Waals surface area contributed by atoms with Crippen molar-refractivity contribution >= 4 is 24.5 Å². The molecular weight excluding hydrogens is 323 g/mol. The van der Waals surface area contributed by atoms with Crippen LogP contribution in [0.1, 0.15) is 54.3 Å². The Kier molecular flexibility index (Phi) is 6.61. The van der Waals surface area contributed by atoms with Gasteiger partial charge in [0.25, 0.3) is 0 Å². The quantitative estimate of drug-likeness (QED) is 0.446. The Bertz CT molecular complexity index is 618. The van der Waals surface area contributed by atoms with Gasteiger partial charge in [-0.15, -0.1) is 0 Å². The van der Waals surface area contributed by atoms with E-state index in [1.807, 2.05) is 20.8 Å². The van der Waals surface area contributed by atoms with Crippen molar-refractivity contribution in [2.24, 2.45) is 5.41 Å². The first-order valence-corrected chi connectivity index (χ1v) is 8.50. The highest BCUT2D eigenvalue weighted by Crippen LogP contribution is 2.22. The number of hydrogen-bond donors (Lipinski definition) is 0. The van der Waals surface area contributed by atoms with Crippen LogP contribution in [0, 0.1) is 5.41 Å². The largest absolute Gasteiger partial charge is 0.494 e. The van der Waals surface area contributed by atoms with Gasteiger partial charge in [0, 0.05) is 18.6 Å². The lowest BCUT2D eigenvalue weighted by atomic mass is 9.73. The molecule has 1 fully saturated rings. The summed E-state index contributed by atoms with van der Waals surface area (Å²) in [5, 5.41) is 0. The molecule has 0 saturated carbocycles. The predicted octanol–water partition coefficient (Wildman–Crippen LogP) is 2.20. The Balaban J connectivity index is 2.28. The van der Waals surface area contributed by atoms with E-state index >= 15 is 0 Å². The zero-order chi connectivity index (χ0) is 18.4. The maximum absolute atomic E-state index is 12.5. The summed E-state index contributed by atoms with van der Waals surface area (Å²) < 4.78 is 21.6. The number of hydrogen-bond acceptors (Lipinski definition) is 6. The minimum Gasteiger partial charge on any atom is -0.465 e. The standard InChI is InChI=1S/C18H25BO6/c1-5-6-9-23-17(21)14-10-13(16(20)22-4)7-8-15(14)19-24-11-18(2,3)12-25-19/h7-8,10H,5-6,9,11-12H2,1-4H3. The lowest BCUT2D eigenvalue weighted by molar-refractivity contribution is 0.0337. The molecule has 0 atom stereocenters. The van der Waals surface area contributed by atoms with Gasteiger partial charge in [-0.3, -0.25) is 0 Å². The number of carbonyl (C=O) groups excluding carboxylic acids is 2. The van der Waals surface area contributed by atoms with Gasteiger partial charge in [-0.25, -0.2) is 9.59 Å². The molecule has 0 spiro atoms. The zero-order valence-corrected chi connectivity index (χ0v) is 15.3. The number of carbonyl (C=O) groups is 2. The molecule has 0 aliphatic carbocycles. The molecule has 0 radical (unpaired) electrons. The molecule has 25 heavy (non-hydrogen) atoms. The van der Waals surface area contributed by atoms with Gasteiger partial charge >= 0.3 is 19.1 Å². The Morgan fingerprint density at radius 2 is 1.88 bits per heavy atom. The molecule has 0 amide bonds. The van der Waals surface area contributed by atoms with Gasteiger partial charge < -0.3 is 18.8 Å². The van der Waals surface area contributed by atoms with Crippen LogP contribution < -0.4 is 5.46 Å². The van der Waals surface area contributed by atoms with Crippen molar-refractivity contribution in [3.63, 3.8) is 0 Å². The summed E-state index contributed by atoms with van der Waals surface area (Å²) in [6.45, 7) is 7.47. The highest BCUT2D eigenvalue weighted by molar-refractivity contribution is 6.63. The normalized spacial score (nSPS) is 16.4. The Morgan fingerprint density at radius 1 is 1.20 bits per heavy atom. The fourth-order valence-corrected chi connectivity index (χ4v) is 2.44. The number of esters is 2. The van der Waals surface area contributed by atoms with Crippen molar-refractivity contribution in [1.29, 1.82) is 0 Å². The number of rotatable bonds is 6. The van der Waals surface area contributed by atoms with Crippen molar-refractivity contribution in [2.75, 3.05) is 26.9 Å². The average molecular weight is 348 g/mol. The van der Waals surface area contributed by atoms with Crippen LogP contribution in [0.4, 0.5) is 0 Å². The molecule has 136 valence electrons. The van der Waals surface area contributed by atoms with Gasteiger partial charge in [-0.2, -0.15) is 0 Å². The first kappa shape index (κ1) is 19.5. The first-order chi connectivity index (χ1) is 11.9. The molecule has 0 aromatic heterocycles. The third-order valence-electron chi connectivity index (χ3n) is 3.93. The second kappa shape index (κ2) is 8.49. The van der Waals surface area contributed by atoms with E-state index in [-0.39, 0.29) is 16.5 Å². The van der Waals surface area contributed by atoms with Crippen LogP contribution in [0.2, 0.25) is 0 Å². The lowest BCUT2D eigenvalue weighted by Crippen LogP contribution is -2.49. The van der Waals surface area contributed by atoms with Crippen molar-refractivity contribution in [2.45, 2.75) is 33.6 Å². The lowest BCUT2D eigenvalue weighted by Gasteiger charge is -2.33. The molecule has 0 N–H and O–H groups in total. The van der Waals surface area contributed by atoms with Crippen LogP contribution >= 0.6 is 0 Å². The van der Waals surface area contributed by atoms with Gasteiger partial charge in [-0.1, -0.05) is 33.3 Å². The van der Waals surface area contributed by atoms with E-state index in [0.717, 1.165) is 12.8 Å². The highest BCUT2D eigenvalue weighted by Gasteiger charge is 2.36. The number of methoxy groups -OCH3 is 1. The van der Waals surface area contributed by atoms with Crippen LogP contribution in [0.3, 0.4) is 0 Å². The zero-order valence-electron chi connectivity index (χ0n) is 15.3. The van der Waals surface area contributed by atoms with E-state index in [4.69, 9.17) is 18.8 Å². The molecule has 2 rings (SSSR count). The van der Waals surface area contributed by atoms with Crippen molar-refractivity contribution in [3.8, 4) is 0 Å². The average Bonchev–Trinajstić information content (AvgIpc) is 2.60. The van der Waals surface area contributed by atoms with Gasteiger partial charge in [-0.05, 0) is 24.0 Å². The molecule has 1 saturated heterocycles. The van der Waals surface area contributed by atoms with Gasteiger partial charge in [0.1, 0.15) is 0 Å². The topological polar surface area (TPSA) is 71.1 Å². The van der Waals surface area contributed by atoms with Crippen LogP contribution in [0.25, 0.3) is 0 Å². The SMILES string of the molecule is CCCCOC(=O)c1cc(C(=O)OC)ccc1B1OCC(C)(C)CO1. The van der Waals surface area contributed by atoms with E-state index in [1.54, 1.807) is 12.1 Å². The van der Waals surface area contributed by atoms with Crippen LogP contribution in [0.5, 0.6) is 0 Å². The molecule has 1 aliphatic heterocycles. The first-order valence-electron chi connectivity index (χ1n) is 8.50. The van der Waals surface area contributed by atoms with Crippen LogP contribution in [-0.2, 0) is 18.8 Å². The van der Waals surface area contributed by atoms with Crippen molar-refractivity contribution < 1.29 is 28.4 Å². The van der Waals surface area contributed by atoms with Crippen LogP contribution in [-0.4, -0.2) is 46.0 Å². The second-order valence-corrected chi connectivity index (χ2v) is 6.90. The third kappa shape index (κ3) is 5.06. The molecule has 1 aromatic carbocycles. The summed E-state index contributed by atoms with van der Waals surface area (Å²) in [7, 11) is 0.638. The van der Waals surface area contributed by atoms with E-state index in [1.165, 1.54) is 13.2 Å². The third-order valence-corrected chi connectivity index (χ3v) is 3.93. The molecule has 6 nitrogen and oxygen atoms in total. The maximum Gasteiger partial charge on any atom is 0.494 e. The molecule has 0 bridgehead atoms. The summed E-state index contributed by atoms with van der Waals surface area (Å²) in [5.41, 5.74) is 1.03. The Morgan fingerprint density at radius 3 is 2.48 bits per heavy atom. The van der Waals surface area contributed by atoms with E-state index in [2.05, 4.69) is 0 Å². The molecule has 1 heterocycles. The van der Waals surface area contributed by atoms with Crippen LogP contribution in [0.15, 0.2) is 18.2 Å². The summed E-state index contributed by atoms with van der Waals surface area (Å²) in [6.07, 6.45) is 1.70. The second-order valence-electron chi connectivity index (χ2n) is 6.90. The minimum absolute atomic E-state index is 0.0791. The smallest absolute Gasteiger partial charge is 0.465 e. The maximum atomic E-state index is 12.5. The monoisotopic (exact) mass is 348 g/mol. The number of unbranched alkanes of at least 4 members (excludes halogenated alkanes) is 1. The van der Waals surface area contributed by atoms with Crippen molar-refractivity contribution in [1.82, 2.24) is 0 Å². The Hall–Kier alpha value is -1.86. The van der Waals surface area contributed by atoms with Crippen molar-refractivity contribution in [3.05, 3.63) is 29.3 Å². The summed E-state index contributed by atoms with van der Waals surface area (Å²) in [4.78, 5) is 24.3. The fraction of sp³-hybridized carbons (Fsp3) is 0.556. The summed E-state index contributed by atoms with van der Waals surface area (Å²) >= 11 is 0. The summed E-state index contributed by atoms with van der Waals surface area (Å²) in [6, 6.07) is 4.73.